The number of nitrogens with one attached hydrogen (secondary N) is 1. The van der Waals surface area contributed by atoms with Crippen LogP contribution in [0.25, 0.3) is 16.6 Å². The van der Waals surface area contributed by atoms with Crippen LogP contribution in [0.1, 0.15) is 18.7 Å². The number of anilines is 1. The molecule has 0 unspecified atom stereocenters. The number of para-hydroxylation sites is 2. The predicted octanol–water partition coefficient (Wildman–Crippen LogP) is 3.19. The molecule has 0 saturated carbocycles. The first kappa shape index (κ1) is 14.0. The number of fused-ring (bicyclic) bond motifs is 3. The van der Waals surface area contributed by atoms with E-state index in [1.54, 1.807) is 11.6 Å². The van der Waals surface area contributed by atoms with Crippen molar-refractivity contribution >= 4 is 39.0 Å². The Morgan fingerprint density at radius 2 is 2.26 bits per heavy atom. The van der Waals surface area contributed by atoms with Crippen LogP contribution in [0.2, 0.25) is 0 Å². The third-order valence-electron chi connectivity index (χ3n) is 3.86. The van der Waals surface area contributed by atoms with Gasteiger partial charge in [-0.2, -0.15) is 0 Å². The van der Waals surface area contributed by atoms with Gasteiger partial charge in [-0.05, 0) is 12.1 Å². The molecule has 1 aliphatic rings. The first-order valence-corrected chi connectivity index (χ1v) is 8.16. The molecule has 1 aromatic carbocycles. The van der Waals surface area contributed by atoms with Gasteiger partial charge in [0.15, 0.2) is 5.13 Å². The SMILES string of the molecule is O=C(CC1=C(O)CCn2c1nc1ccccc12)Nc1nccs1. The number of aryl methyl sites for hydroxylation is 1. The summed E-state index contributed by atoms with van der Waals surface area (Å²) < 4.78 is 2.06. The number of aliphatic hydroxyl groups is 1. The van der Waals surface area contributed by atoms with Gasteiger partial charge in [0.25, 0.3) is 0 Å². The van der Waals surface area contributed by atoms with E-state index in [0.29, 0.717) is 29.5 Å². The second-order valence-corrected chi connectivity index (χ2v) is 6.21. The van der Waals surface area contributed by atoms with Gasteiger partial charge in [0.1, 0.15) is 11.6 Å². The highest BCUT2D eigenvalue weighted by Crippen LogP contribution is 2.31. The molecule has 0 saturated heterocycles. The number of carbonyl (C=O) groups excluding carboxylic acids is 1. The number of hydrogen-bond acceptors (Lipinski definition) is 5. The van der Waals surface area contributed by atoms with Gasteiger partial charge in [-0.15, -0.1) is 11.3 Å². The molecule has 3 aromatic rings. The van der Waals surface area contributed by atoms with Crippen molar-refractivity contribution < 1.29 is 9.90 Å². The smallest absolute Gasteiger partial charge is 0.230 e. The molecule has 0 bridgehead atoms. The quantitative estimate of drug-likeness (QED) is 0.774. The molecular formula is C16H14N4O2S. The first-order valence-electron chi connectivity index (χ1n) is 7.28. The van der Waals surface area contributed by atoms with Crippen LogP contribution in [0.5, 0.6) is 0 Å². The minimum atomic E-state index is -0.206. The van der Waals surface area contributed by atoms with E-state index in [-0.39, 0.29) is 18.1 Å². The van der Waals surface area contributed by atoms with Crippen LogP contribution < -0.4 is 5.32 Å². The van der Waals surface area contributed by atoms with Crippen LogP contribution in [0, 0.1) is 0 Å². The topological polar surface area (TPSA) is 80.0 Å². The van der Waals surface area contributed by atoms with Crippen molar-refractivity contribution in [3.05, 3.63) is 47.4 Å². The van der Waals surface area contributed by atoms with Crippen molar-refractivity contribution in [2.45, 2.75) is 19.4 Å². The lowest BCUT2D eigenvalue weighted by Gasteiger charge is -2.18. The predicted molar refractivity (Wildman–Crippen MR) is 89.3 cm³/mol. The Hall–Kier alpha value is -2.67. The number of rotatable bonds is 3. The fourth-order valence-corrected chi connectivity index (χ4v) is 3.37. The van der Waals surface area contributed by atoms with Gasteiger partial charge < -0.3 is 15.0 Å². The summed E-state index contributed by atoms with van der Waals surface area (Å²) >= 11 is 1.36. The van der Waals surface area contributed by atoms with Gasteiger partial charge in [-0.25, -0.2) is 9.97 Å². The first-order chi connectivity index (χ1) is 11.2. The Labute approximate surface area is 136 Å². The molecule has 116 valence electrons. The Morgan fingerprint density at radius 1 is 1.39 bits per heavy atom. The molecule has 0 radical (unpaired) electrons. The summed E-state index contributed by atoms with van der Waals surface area (Å²) in [6.07, 6.45) is 2.22. The highest BCUT2D eigenvalue weighted by Gasteiger charge is 2.24. The van der Waals surface area contributed by atoms with Crippen LogP contribution >= 0.6 is 11.3 Å². The second kappa shape index (κ2) is 5.51. The maximum absolute atomic E-state index is 12.2. The summed E-state index contributed by atoms with van der Waals surface area (Å²) in [7, 11) is 0. The molecule has 7 heteroatoms. The molecule has 0 aliphatic carbocycles. The normalized spacial score (nSPS) is 14.1. The summed E-state index contributed by atoms with van der Waals surface area (Å²) in [6, 6.07) is 7.83. The summed E-state index contributed by atoms with van der Waals surface area (Å²) in [5, 5.41) is 15.3. The molecule has 0 atom stereocenters. The zero-order valence-electron chi connectivity index (χ0n) is 12.2. The number of hydrogen-bond donors (Lipinski definition) is 2. The van der Waals surface area contributed by atoms with Crippen molar-refractivity contribution in [3.8, 4) is 0 Å². The fourth-order valence-electron chi connectivity index (χ4n) is 2.82. The maximum atomic E-state index is 12.2. The number of nitrogens with zero attached hydrogens (tertiary/aromatic N) is 3. The zero-order valence-corrected chi connectivity index (χ0v) is 13.0. The highest BCUT2D eigenvalue weighted by atomic mass is 32.1. The molecule has 23 heavy (non-hydrogen) atoms. The molecular weight excluding hydrogens is 312 g/mol. The van der Waals surface area contributed by atoms with Crippen LogP contribution in [-0.2, 0) is 11.3 Å². The third kappa shape index (κ3) is 2.49. The Balaban J connectivity index is 1.67. The minimum Gasteiger partial charge on any atom is -0.512 e. The summed E-state index contributed by atoms with van der Waals surface area (Å²) in [6.45, 7) is 0.666. The van der Waals surface area contributed by atoms with Gasteiger partial charge in [-0.3, -0.25) is 4.79 Å². The molecule has 0 fully saturated rings. The van der Waals surface area contributed by atoms with Gasteiger partial charge >= 0.3 is 0 Å². The average Bonchev–Trinajstić information content (AvgIpc) is 3.17. The van der Waals surface area contributed by atoms with Gasteiger partial charge in [0, 0.05) is 30.1 Å². The van der Waals surface area contributed by atoms with E-state index in [4.69, 9.17) is 0 Å². The van der Waals surface area contributed by atoms with Crippen molar-refractivity contribution in [1.82, 2.24) is 14.5 Å². The average molecular weight is 326 g/mol. The highest BCUT2D eigenvalue weighted by molar-refractivity contribution is 7.13. The van der Waals surface area contributed by atoms with Gasteiger partial charge in [0.05, 0.1) is 17.5 Å². The number of aromatic nitrogens is 3. The second-order valence-electron chi connectivity index (χ2n) is 5.31. The lowest BCUT2D eigenvalue weighted by molar-refractivity contribution is -0.115. The van der Waals surface area contributed by atoms with Crippen molar-refractivity contribution in [3.63, 3.8) is 0 Å². The van der Waals surface area contributed by atoms with E-state index in [2.05, 4.69) is 19.9 Å². The fraction of sp³-hybridized carbons (Fsp3) is 0.188. The lowest BCUT2D eigenvalue weighted by atomic mass is 10.1. The molecule has 3 heterocycles. The molecule has 0 spiro atoms. The van der Waals surface area contributed by atoms with E-state index in [1.807, 2.05) is 24.3 Å². The Kier molecular flexibility index (Phi) is 3.34. The summed E-state index contributed by atoms with van der Waals surface area (Å²) in [5.74, 6) is 0.702. The van der Waals surface area contributed by atoms with Gasteiger partial charge in [0.2, 0.25) is 5.91 Å². The Morgan fingerprint density at radius 3 is 3.09 bits per heavy atom. The number of imidazole rings is 1. The maximum Gasteiger partial charge on any atom is 0.230 e. The van der Waals surface area contributed by atoms with E-state index in [1.165, 1.54) is 11.3 Å². The summed E-state index contributed by atoms with van der Waals surface area (Å²) in [4.78, 5) is 20.8. The van der Waals surface area contributed by atoms with Gasteiger partial charge in [-0.1, -0.05) is 12.1 Å². The number of amides is 1. The number of benzene rings is 1. The zero-order chi connectivity index (χ0) is 15.8. The summed E-state index contributed by atoms with van der Waals surface area (Å²) in [5.41, 5.74) is 2.48. The van der Waals surface area contributed by atoms with E-state index < -0.39 is 0 Å². The van der Waals surface area contributed by atoms with E-state index in [9.17, 15) is 9.90 Å². The van der Waals surface area contributed by atoms with Crippen LogP contribution in [0.4, 0.5) is 5.13 Å². The number of aliphatic hydroxyl groups excluding tert-OH is 1. The van der Waals surface area contributed by atoms with Crippen molar-refractivity contribution in [2.24, 2.45) is 0 Å². The molecule has 2 aromatic heterocycles. The van der Waals surface area contributed by atoms with Crippen molar-refractivity contribution in [1.29, 1.82) is 0 Å². The van der Waals surface area contributed by atoms with Crippen LogP contribution in [0.15, 0.2) is 41.6 Å². The third-order valence-corrected chi connectivity index (χ3v) is 4.55. The number of allylic oxidation sites excluding steroid dienone is 1. The standard InChI is InChI=1S/C16H14N4O2S/c21-13-5-7-20-12-4-2-1-3-11(12)18-15(20)10(13)9-14(22)19-16-17-6-8-23-16/h1-4,6,8,21H,5,7,9H2,(H,17,19,22). The minimum absolute atomic E-state index is 0.0781. The van der Waals surface area contributed by atoms with Crippen molar-refractivity contribution in [2.75, 3.05) is 5.32 Å². The number of carbonyl (C=O) groups is 1. The molecule has 2 N–H and O–H groups in total. The van der Waals surface area contributed by atoms with E-state index in [0.717, 1.165) is 11.0 Å². The molecule has 1 amide bonds. The van der Waals surface area contributed by atoms with Crippen LogP contribution in [-0.4, -0.2) is 25.5 Å². The number of thiazole rings is 1. The van der Waals surface area contributed by atoms with E-state index >= 15 is 0 Å². The largest absolute Gasteiger partial charge is 0.512 e. The molecule has 1 aliphatic heterocycles. The molecule has 6 nitrogen and oxygen atoms in total. The van der Waals surface area contributed by atoms with Crippen LogP contribution in [0.3, 0.4) is 0 Å². The Bertz CT molecular complexity index is 911. The monoisotopic (exact) mass is 326 g/mol. The lowest BCUT2D eigenvalue weighted by Crippen LogP contribution is -2.17. The molecule has 4 rings (SSSR count).